The molecule has 0 spiro atoms. The van der Waals surface area contributed by atoms with Gasteiger partial charge in [0.25, 0.3) is 5.76 Å². The third kappa shape index (κ3) is 5.99. The predicted molar refractivity (Wildman–Crippen MR) is 110 cm³/mol. The van der Waals surface area contributed by atoms with Gasteiger partial charge in [0.05, 0.1) is 10.5 Å². The lowest BCUT2D eigenvalue weighted by atomic mass is 9.97. The van der Waals surface area contributed by atoms with Crippen molar-refractivity contribution < 1.29 is 35.2 Å². The average molecular weight is 495 g/mol. The number of benzene rings is 2. The highest BCUT2D eigenvalue weighted by Crippen LogP contribution is 2.32. The molecule has 2 aromatic carbocycles. The molecule has 1 saturated heterocycles. The molecule has 0 saturated carbocycles. The van der Waals surface area contributed by atoms with Gasteiger partial charge in [-0.1, -0.05) is 17.8 Å². The molecule has 0 aromatic heterocycles. The van der Waals surface area contributed by atoms with E-state index in [4.69, 9.17) is 0 Å². The van der Waals surface area contributed by atoms with Crippen LogP contribution in [0.4, 0.5) is 27.6 Å². The molecule has 1 heterocycles. The zero-order valence-corrected chi connectivity index (χ0v) is 18.1. The third-order valence-electron chi connectivity index (χ3n) is 4.97. The molecule has 1 fully saturated rings. The van der Waals surface area contributed by atoms with E-state index in [1.807, 2.05) is 0 Å². The van der Waals surface area contributed by atoms with Crippen LogP contribution in [0.5, 0.6) is 0 Å². The van der Waals surface area contributed by atoms with Gasteiger partial charge in [0.1, 0.15) is 0 Å². The Balaban J connectivity index is 1.60. The summed E-state index contributed by atoms with van der Waals surface area (Å²) in [7, 11) is -4.13. The molecule has 0 unspecified atom stereocenters. The monoisotopic (exact) mass is 494 g/mol. The average Bonchev–Trinajstić information content (AvgIpc) is 2.74. The first kappa shape index (κ1) is 24.5. The second-order valence-corrected chi connectivity index (χ2v) is 10.1. The molecular weight excluding hydrogens is 475 g/mol. The molecule has 1 aliphatic rings. The number of thioether (sulfide) groups is 1. The number of nitrogens with one attached hydrogen (secondary N) is 1. The fourth-order valence-corrected chi connectivity index (χ4v) is 5.32. The number of carbonyl (C=O) groups excluding carboxylic acids is 1. The van der Waals surface area contributed by atoms with E-state index in [9.17, 15) is 35.2 Å². The number of nitrogens with zero attached hydrogens (tertiary/aromatic N) is 1. The minimum atomic E-state index is -4.66. The van der Waals surface area contributed by atoms with Crippen molar-refractivity contribution >= 4 is 33.4 Å². The largest absolute Gasteiger partial charge is 0.416 e. The topological polar surface area (TPSA) is 66.5 Å². The Bertz CT molecular complexity index is 1050. The normalized spacial score (nSPS) is 16.3. The molecule has 32 heavy (non-hydrogen) atoms. The lowest BCUT2D eigenvalue weighted by molar-refractivity contribution is -0.137. The summed E-state index contributed by atoms with van der Waals surface area (Å²) in [6.45, 7) is -0.0265. The van der Waals surface area contributed by atoms with Crippen molar-refractivity contribution in [2.45, 2.75) is 34.6 Å². The van der Waals surface area contributed by atoms with Crippen LogP contribution in [-0.4, -0.2) is 37.5 Å². The van der Waals surface area contributed by atoms with Gasteiger partial charge >= 0.3 is 6.18 Å². The van der Waals surface area contributed by atoms with E-state index in [2.05, 4.69) is 5.32 Å². The molecule has 0 radical (unpaired) electrons. The molecule has 12 heteroatoms. The van der Waals surface area contributed by atoms with Gasteiger partial charge in [-0.3, -0.25) is 4.79 Å². The Kier molecular flexibility index (Phi) is 7.46. The molecule has 1 amide bonds. The van der Waals surface area contributed by atoms with Crippen LogP contribution in [0, 0.1) is 5.92 Å². The Labute approximate surface area is 186 Å². The number of hydrogen-bond acceptors (Lipinski definition) is 4. The molecule has 2 aromatic rings. The highest BCUT2D eigenvalue weighted by molar-refractivity contribution is 7.99. The number of anilines is 1. The first-order valence-corrected chi connectivity index (χ1v) is 11.8. The second kappa shape index (κ2) is 9.75. The Morgan fingerprint density at radius 2 is 1.69 bits per heavy atom. The minimum absolute atomic E-state index is 0.0133. The van der Waals surface area contributed by atoms with E-state index < -0.39 is 38.3 Å². The Morgan fingerprint density at radius 3 is 2.25 bits per heavy atom. The summed E-state index contributed by atoms with van der Waals surface area (Å²) in [4.78, 5) is 12.4. The Hall–Kier alpha value is -2.18. The lowest BCUT2D eigenvalue weighted by Crippen LogP contribution is -2.41. The summed E-state index contributed by atoms with van der Waals surface area (Å²) in [5.41, 5.74) is -0.626. The number of piperidine rings is 1. The summed E-state index contributed by atoms with van der Waals surface area (Å²) in [5, 5.41) is 2.67. The van der Waals surface area contributed by atoms with Gasteiger partial charge in [0, 0.05) is 29.6 Å². The third-order valence-corrected chi connectivity index (χ3v) is 7.59. The fourth-order valence-electron chi connectivity index (χ4n) is 3.30. The number of sulfonamides is 1. The van der Waals surface area contributed by atoms with E-state index in [1.54, 1.807) is 0 Å². The molecule has 0 aliphatic carbocycles. The van der Waals surface area contributed by atoms with Gasteiger partial charge < -0.3 is 5.32 Å². The SMILES string of the molecule is O=C(Nc1ccc(SC(F)F)cc1)C1CCN(S(=O)(=O)c2cccc(C(F)(F)F)c2)CC1. The molecule has 1 N–H and O–H groups in total. The molecule has 5 nitrogen and oxygen atoms in total. The molecular formula is C20H19F5N2O3S2. The molecule has 174 valence electrons. The van der Waals surface area contributed by atoms with E-state index >= 15 is 0 Å². The number of amides is 1. The number of halogens is 5. The molecule has 1 aliphatic heterocycles. The smallest absolute Gasteiger partial charge is 0.326 e. The van der Waals surface area contributed by atoms with Crippen LogP contribution in [0.1, 0.15) is 18.4 Å². The summed E-state index contributed by atoms with van der Waals surface area (Å²) in [6.07, 6.45) is -4.26. The predicted octanol–water partition coefficient (Wildman–Crippen LogP) is 5.06. The summed E-state index contributed by atoms with van der Waals surface area (Å²) < 4.78 is 90.0. The van der Waals surface area contributed by atoms with Crippen molar-refractivity contribution in [2.24, 2.45) is 5.92 Å². The zero-order valence-electron chi connectivity index (χ0n) is 16.5. The maximum absolute atomic E-state index is 12.9. The van der Waals surface area contributed by atoms with E-state index in [0.29, 0.717) is 28.4 Å². The highest BCUT2D eigenvalue weighted by Gasteiger charge is 2.35. The minimum Gasteiger partial charge on any atom is -0.326 e. The number of hydrogen-bond donors (Lipinski definition) is 1. The van der Waals surface area contributed by atoms with E-state index in [-0.39, 0.29) is 31.8 Å². The Morgan fingerprint density at radius 1 is 1.06 bits per heavy atom. The van der Waals surface area contributed by atoms with Gasteiger partial charge in [-0.05, 0) is 55.3 Å². The van der Waals surface area contributed by atoms with Crippen molar-refractivity contribution in [2.75, 3.05) is 18.4 Å². The van der Waals surface area contributed by atoms with Gasteiger partial charge in [-0.15, -0.1) is 0 Å². The highest BCUT2D eigenvalue weighted by atomic mass is 32.2. The second-order valence-electron chi connectivity index (χ2n) is 7.10. The molecule has 3 rings (SSSR count). The standard InChI is InChI=1S/C20H19F5N2O3S2/c21-19(22)31-16-6-4-15(5-7-16)26-18(28)13-8-10-27(11-9-13)32(29,30)17-3-1-2-14(12-17)20(23,24)25/h1-7,12-13,19H,8-11H2,(H,26,28). The summed E-state index contributed by atoms with van der Waals surface area (Å²) >= 11 is 0.386. The van der Waals surface area contributed by atoms with Gasteiger partial charge in [-0.2, -0.15) is 26.3 Å². The van der Waals surface area contributed by atoms with Crippen LogP contribution in [0.15, 0.2) is 58.3 Å². The van der Waals surface area contributed by atoms with E-state index in [0.717, 1.165) is 22.5 Å². The maximum atomic E-state index is 12.9. The molecule has 0 bridgehead atoms. The van der Waals surface area contributed by atoms with Crippen molar-refractivity contribution in [1.82, 2.24) is 4.31 Å². The quantitative estimate of drug-likeness (QED) is 0.451. The van der Waals surface area contributed by atoms with Crippen molar-refractivity contribution in [3.63, 3.8) is 0 Å². The first-order valence-electron chi connectivity index (χ1n) is 9.50. The van der Waals surface area contributed by atoms with Crippen molar-refractivity contribution in [3.8, 4) is 0 Å². The van der Waals surface area contributed by atoms with E-state index in [1.165, 1.54) is 24.3 Å². The van der Waals surface area contributed by atoms with Crippen LogP contribution in [0.2, 0.25) is 0 Å². The first-order chi connectivity index (χ1) is 15.0. The number of carbonyl (C=O) groups is 1. The van der Waals surface area contributed by atoms with Crippen molar-refractivity contribution in [1.29, 1.82) is 0 Å². The summed E-state index contributed by atoms with van der Waals surface area (Å²) in [5.74, 6) is -3.37. The summed E-state index contributed by atoms with van der Waals surface area (Å²) in [6, 6.07) is 9.46. The van der Waals surface area contributed by atoms with Gasteiger partial charge in [-0.25, -0.2) is 8.42 Å². The van der Waals surface area contributed by atoms with Crippen molar-refractivity contribution in [3.05, 3.63) is 54.1 Å². The lowest BCUT2D eigenvalue weighted by Gasteiger charge is -2.30. The number of alkyl halides is 5. The zero-order chi connectivity index (χ0) is 23.5. The van der Waals surface area contributed by atoms with Gasteiger partial charge in [0.15, 0.2) is 0 Å². The van der Waals surface area contributed by atoms with Crippen LogP contribution >= 0.6 is 11.8 Å². The van der Waals surface area contributed by atoms with Crippen LogP contribution in [-0.2, 0) is 21.0 Å². The maximum Gasteiger partial charge on any atom is 0.416 e. The molecule has 0 atom stereocenters. The van der Waals surface area contributed by atoms with Crippen LogP contribution in [0.25, 0.3) is 0 Å². The number of rotatable bonds is 6. The fraction of sp³-hybridized carbons (Fsp3) is 0.350. The van der Waals surface area contributed by atoms with Crippen LogP contribution < -0.4 is 5.32 Å². The van der Waals surface area contributed by atoms with Crippen LogP contribution in [0.3, 0.4) is 0 Å². The van der Waals surface area contributed by atoms with Gasteiger partial charge in [0.2, 0.25) is 15.9 Å².